The number of hydrogen-bond acceptors (Lipinski definition) is 3. The Bertz CT molecular complexity index is 397. The number of carbonyl (C=O) groups is 1. The Hall–Kier alpha value is -1.14. The summed E-state index contributed by atoms with van der Waals surface area (Å²) >= 11 is 3.06. The summed E-state index contributed by atoms with van der Waals surface area (Å²) in [6.45, 7) is 0. The molecule has 1 atom stereocenters. The van der Waals surface area contributed by atoms with Gasteiger partial charge in [-0.15, -0.1) is 0 Å². The smallest absolute Gasteiger partial charge is 0.320 e. The Kier molecular flexibility index (Phi) is 3.65. The lowest BCUT2D eigenvalue weighted by Gasteiger charge is -2.10. The predicted octanol–water partition coefficient (Wildman–Crippen LogP) is 1.25. The molecule has 15 heavy (non-hydrogen) atoms. The maximum atomic E-state index is 13.4. The monoisotopic (exact) mass is 277 g/mol. The Morgan fingerprint density at radius 1 is 1.60 bits per heavy atom. The highest BCUT2D eigenvalue weighted by Crippen LogP contribution is 2.27. The molecule has 0 radical (unpaired) electrons. The van der Waals surface area contributed by atoms with E-state index >= 15 is 0 Å². The largest absolute Gasteiger partial charge is 0.505 e. The molecule has 0 saturated heterocycles. The Labute approximate surface area is 93.6 Å². The molecule has 4 N–H and O–H groups in total. The van der Waals surface area contributed by atoms with Crippen LogP contribution in [0.5, 0.6) is 5.75 Å². The van der Waals surface area contributed by atoms with Gasteiger partial charge < -0.3 is 15.9 Å². The van der Waals surface area contributed by atoms with Crippen LogP contribution in [-0.4, -0.2) is 22.2 Å². The minimum absolute atomic E-state index is 0.0601. The second-order valence-electron chi connectivity index (χ2n) is 3.01. The van der Waals surface area contributed by atoms with Crippen molar-refractivity contribution in [3.8, 4) is 5.75 Å². The molecule has 1 unspecified atom stereocenters. The topological polar surface area (TPSA) is 83.5 Å². The molecule has 1 aromatic rings. The van der Waals surface area contributed by atoms with Crippen molar-refractivity contribution in [3.63, 3.8) is 0 Å². The molecule has 0 aliphatic rings. The van der Waals surface area contributed by atoms with E-state index < -0.39 is 23.6 Å². The molecular formula is C9H9BrFNO3. The standard InChI is InChI=1S/C9H9BrFNO3/c10-5-1-2-7(13)8(11)4(5)3-6(12)9(14)15/h1-2,6,13H,3,12H2,(H,14,15). The van der Waals surface area contributed by atoms with Crippen LogP contribution in [0, 0.1) is 5.82 Å². The number of halogens is 2. The van der Waals surface area contributed by atoms with Crippen molar-refractivity contribution in [2.45, 2.75) is 12.5 Å². The third kappa shape index (κ3) is 2.66. The molecule has 82 valence electrons. The van der Waals surface area contributed by atoms with Crippen LogP contribution in [0.2, 0.25) is 0 Å². The van der Waals surface area contributed by atoms with Gasteiger partial charge in [0.1, 0.15) is 6.04 Å². The fraction of sp³-hybridized carbons (Fsp3) is 0.222. The lowest BCUT2D eigenvalue weighted by molar-refractivity contribution is -0.138. The van der Waals surface area contributed by atoms with Gasteiger partial charge in [-0.3, -0.25) is 4.79 Å². The van der Waals surface area contributed by atoms with E-state index in [1.165, 1.54) is 12.1 Å². The molecule has 0 bridgehead atoms. The third-order valence-corrected chi connectivity index (χ3v) is 2.65. The number of aliphatic carboxylic acids is 1. The molecule has 0 aromatic heterocycles. The van der Waals surface area contributed by atoms with Gasteiger partial charge in [-0.05, 0) is 12.1 Å². The summed E-state index contributed by atoms with van der Waals surface area (Å²) in [6.07, 6.45) is -0.184. The zero-order chi connectivity index (χ0) is 11.6. The Morgan fingerprint density at radius 2 is 2.20 bits per heavy atom. The normalized spacial score (nSPS) is 12.5. The maximum absolute atomic E-state index is 13.4. The number of phenols is 1. The molecule has 0 fully saturated rings. The van der Waals surface area contributed by atoms with Gasteiger partial charge in [0, 0.05) is 16.5 Å². The van der Waals surface area contributed by atoms with Crippen LogP contribution in [0.4, 0.5) is 4.39 Å². The molecule has 0 heterocycles. The van der Waals surface area contributed by atoms with Gasteiger partial charge in [-0.2, -0.15) is 0 Å². The summed E-state index contributed by atoms with van der Waals surface area (Å²) < 4.78 is 13.7. The summed E-state index contributed by atoms with van der Waals surface area (Å²) in [7, 11) is 0. The van der Waals surface area contributed by atoms with Gasteiger partial charge >= 0.3 is 5.97 Å². The summed E-state index contributed by atoms with van der Waals surface area (Å²) in [5.74, 6) is -2.59. The molecular weight excluding hydrogens is 269 g/mol. The highest BCUT2D eigenvalue weighted by atomic mass is 79.9. The second kappa shape index (κ2) is 4.59. The first-order valence-electron chi connectivity index (χ1n) is 4.07. The van der Waals surface area contributed by atoms with Gasteiger partial charge in [-0.25, -0.2) is 4.39 Å². The van der Waals surface area contributed by atoms with E-state index in [4.69, 9.17) is 15.9 Å². The highest BCUT2D eigenvalue weighted by molar-refractivity contribution is 9.10. The number of nitrogens with two attached hydrogens (primary N) is 1. The number of carboxylic acids is 1. The van der Waals surface area contributed by atoms with Crippen molar-refractivity contribution in [2.75, 3.05) is 0 Å². The number of rotatable bonds is 3. The van der Waals surface area contributed by atoms with E-state index in [9.17, 15) is 9.18 Å². The van der Waals surface area contributed by atoms with E-state index in [2.05, 4.69) is 15.9 Å². The first-order chi connectivity index (χ1) is 6.93. The van der Waals surface area contributed by atoms with Gasteiger partial charge in [0.05, 0.1) is 0 Å². The number of hydrogen-bond donors (Lipinski definition) is 3. The van der Waals surface area contributed by atoms with Crippen LogP contribution in [0.3, 0.4) is 0 Å². The average molecular weight is 278 g/mol. The molecule has 1 aromatic carbocycles. The summed E-state index contributed by atoms with van der Waals surface area (Å²) in [6, 6.07) is 1.41. The quantitative estimate of drug-likeness (QED) is 0.777. The molecule has 0 spiro atoms. The van der Waals surface area contributed by atoms with E-state index in [0.717, 1.165) is 0 Å². The molecule has 4 nitrogen and oxygen atoms in total. The number of carboxylic acid groups (broad SMARTS) is 1. The van der Waals surface area contributed by atoms with Gasteiger partial charge in [0.25, 0.3) is 0 Å². The van der Waals surface area contributed by atoms with Gasteiger partial charge in [-0.1, -0.05) is 15.9 Å². The molecule has 0 saturated carbocycles. The number of phenolic OH excluding ortho intramolecular Hbond substituents is 1. The van der Waals surface area contributed by atoms with Crippen molar-refractivity contribution in [3.05, 3.63) is 28.0 Å². The summed E-state index contributed by atoms with van der Waals surface area (Å²) in [5.41, 5.74) is 5.33. The third-order valence-electron chi connectivity index (χ3n) is 1.91. The van der Waals surface area contributed by atoms with Crippen molar-refractivity contribution in [1.82, 2.24) is 0 Å². The maximum Gasteiger partial charge on any atom is 0.320 e. The average Bonchev–Trinajstić information content (AvgIpc) is 2.18. The van der Waals surface area contributed by atoms with Crippen LogP contribution in [0.25, 0.3) is 0 Å². The van der Waals surface area contributed by atoms with Crippen molar-refractivity contribution in [1.29, 1.82) is 0 Å². The first-order valence-corrected chi connectivity index (χ1v) is 4.87. The number of aromatic hydroxyl groups is 1. The highest BCUT2D eigenvalue weighted by Gasteiger charge is 2.18. The lowest BCUT2D eigenvalue weighted by Crippen LogP contribution is -2.32. The Balaban J connectivity index is 3.03. The van der Waals surface area contributed by atoms with Crippen LogP contribution < -0.4 is 5.73 Å². The lowest BCUT2D eigenvalue weighted by atomic mass is 10.1. The minimum Gasteiger partial charge on any atom is -0.505 e. The SMILES string of the molecule is NC(Cc1c(Br)ccc(O)c1F)C(=O)O. The van der Waals surface area contributed by atoms with Crippen LogP contribution in [-0.2, 0) is 11.2 Å². The van der Waals surface area contributed by atoms with Crippen molar-refractivity contribution < 1.29 is 19.4 Å². The molecule has 6 heteroatoms. The second-order valence-corrected chi connectivity index (χ2v) is 3.86. The predicted molar refractivity (Wildman–Crippen MR) is 55.1 cm³/mol. The molecule has 0 amide bonds. The summed E-state index contributed by atoms with van der Waals surface area (Å²) in [5, 5.41) is 17.7. The number of benzene rings is 1. The minimum atomic E-state index is -1.22. The van der Waals surface area contributed by atoms with Crippen LogP contribution >= 0.6 is 15.9 Å². The van der Waals surface area contributed by atoms with E-state index in [0.29, 0.717) is 4.47 Å². The first kappa shape index (κ1) is 11.9. The molecule has 0 aliphatic heterocycles. The van der Waals surface area contributed by atoms with E-state index in [1.54, 1.807) is 0 Å². The van der Waals surface area contributed by atoms with Crippen molar-refractivity contribution in [2.24, 2.45) is 5.73 Å². The van der Waals surface area contributed by atoms with Crippen LogP contribution in [0.1, 0.15) is 5.56 Å². The van der Waals surface area contributed by atoms with Crippen LogP contribution in [0.15, 0.2) is 16.6 Å². The van der Waals surface area contributed by atoms with Gasteiger partial charge in [0.15, 0.2) is 11.6 Å². The zero-order valence-electron chi connectivity index (χ0n) is 7.58. The fourth-order valence-corrected chi connectivity index (χ4v) is 1.55. The Morgan fingerprint density at radius 3 is 2.73 bits per heavy atom. The zero-order valence-corrected chi connectivity index (χ0v) is 9.16. The summed E-state index contributed by atoms with van der Waals surface area (Å²) in [4.78, 5) is 10.5. The van der Waals surface area contributed by atoms with E-state index in [-0.39, 0.29) is 12.0 Å². The van der Waals surface area contributed by atoms with Gasteiger partial charge in [0.2, 0.25) is 0 Å². The van der Waals surface area contributed by atoms with Crippen molar-refractivity contribution >= 4 is 21.9 Å². The molecule has 1 rings (SSSR count). The molecule has 0 aliphatic carbocycles. The van der Waals surface area contributed by atoms with E-state index in [1.807, 2.05) is 0 Å². The fourth-order valence-electron chi connectivity index (χ4n) is 1.08.